The molecular formula is C26H22F2N2O4. The van der Waals surface area contributed by atoms with Crippen molar-refractivity contribution in [3.05, 3.63) is 71.8 Å². The lowest BCUT2D eigenvalue weighted by molar-refractivity contribution is -0.121. The van der Waals surface area contributed by atoms with Crippen LogP contribution in [-0.4, -0.2) is 36.9 Å². The van der Waals surface area contributed by atoms with Gasteiger partial charge in [0.05, 0.1) is 18.4 Å². The zero-order valence-electron chi connectivity index (χ0n) is 18.4. The Morgan fingerprint density at radius 1 is 1.00 bits per heavy atom. The molecule has 1 fully saturated rings. The van der Waals surface area contributed by atoms with Gasteiger partial charge in [0.1, 0.15) is 28.5 Å². The fourth-order valence-electron chi connectivity index (χ4n) is 4.43. The van der Waals surface area contributed by atoms with Gasteiger partial charge in [0, 0.05) is 41.9 Å². The van der Waals surface area contributed by atoms with E-state index < -0.39 is 17.5 Å². The fraction of sp³-hybridized carbons (Fsp3) is 0.231. The van der Waals surface area contributed by atoms with Gasteiger partial charge in [0.25, 0.3) is 5.91 Å². The van der Waals surface area contributed by atoms with E-state index in [0.717, 1.165) is 28.5 Å². The van der Waals surface area contributed by atoms with E-state index in [9.17, 15) is 18.4 Å². The van der Waals surface area contributed by atoms with E-state index in [1.54, 1.807) is 6.07 Å². The summed E-state index contributed by atoms with van der Waals surface area (Å²) in [5.74, 6) is -2.12. The van der Waals surface area contributed by atoms with Gasteiger partial charge in [0.2, 0.25) is 5.91 Å². The van der Waals surface area contributed by atoms with Crippen molar-refractivity contribution < 1.29 is 27.5 Å². The summed E-state index contributed by atoms with van der Waals surface area (Å²) in [4.78, 5) is 27.1. The lowest BCUT2D eigenvalue weighted by Crippen LogP contribution is -2.41. The maximum absolute atomic E-state index is 14.0. The molecule has 4 aromatic rings. The molecule has 3 aromatic carbocycles. The molecule has 0 radical (unpaired) electrons. The number of ether oxygens (including phenoxy) is 1. The maximum Gasteiger partial charge on any atom is 0.256 e. The van der Waals surface area contributed by atoms with E-state index in [4.69, 9.17) is 9.15 Å². The van der Waals surface area contributed by atoms with Gasteiger partial charge in [-0.05, 0) is 37.1 Å². The lowest BCUT2D eigenvalue weighted by atomic mass is 9.95. The molecule has 1 N–H and O–H groups in total. The summed E-state index contributed by atoms with van der Waals surface area (Å²) in [7, 11) is 1.54. The number of carbonyl (C=O) groups is 2. The molecule has 1 aliphatic rings. The predicted octanol–water partition coefficient (Wildman–Crippen LogP) is 5.36. The van der Waals surface area contributed by atoms with E-state index >= 15 is 0 Å². The summed E-state index contributed by atoms with van der Waals surface area (Å²) in [5, 5.41) is 4.78. The van der Waals surface area contributed by atoms with E-state index in [2.05, 4.69) is 5.32 Å². The first-order chi connectivity index (χ1) is 16.4. The van der Waals surface area contributed by atoms with Crippen molar-refractivity contribution in [2.45, 2.75) is 12.8 Å². The molecule has 174 valence electrons. The van der Waals surface area contributed by atoms with E-state index in [0.29, 0.717) is 49.0 Å². The first-order valence-electron chi connectivity index (χ1n) is 11.0. The highest BCUT2D eigenvalue weighted by atomic mass is 19.1. The summed E-state index contributed by atoms with van der Waals surface area (Å²) in [6.45, 7) is 0.598. The van der Waals surface area contributed by atoms with Crippen molar-refractivity contribution in [3.63, 3.8) is 0 Å². The van der Waals surface area contributed by atoms with Crippen LogP contribution in [0.25, 0.3) is 21.9 Å². The van der Waals surface area contributed by atoms with Crippen LogP contribution in [0.1, 0.15) is 23.2 Å². The zero-order valence-corrected chi connectivity index (χ0v) is 18.4. The van der Waals surface area contributed by atoms with Gasteiger partial charge in [-0.2, -0.15) is 0 Å². The average molecular weight is 464 g/mol. The number of benzene rings is 3. The normalized spacial score (nSPS) is 14.5. The number of anilines is 1. The van der Waals surface area contributed by atoms with Crippen LogP contribution in [-0.2, 0) is 4.79 Å². The third-order valence-electron chi connectivity index (χ3n) is 6.27. The molecule has 0 atom stereocenters. The third-order valence-corrected chi connectivity index (χ3v) is 6.27. The van der Waals surface area contributed by atoms with Crippen LogP contribution in [0, 0.1) is 17.6 Å². The molecule has 1 aromatic heterocycles. The molecular weight excluding hydrogens is 442 g/mol. The zero-order chi connectivity index (χ0) is 23.8. The monoisotopic (exact) mass is 464 g/mol. The molecule has 34 heavy (non-hydrogen) atoms. The predicted molar refractivity (Wildman–Crippen MR) is 124 cm³/mol. The van der Waals surface area contributed by atoms with Gasteiger partial charge in [-0.3, -0.25) is 9.59 Å². The third kappa shape index (κ3) is 3.96. The number of halogens is 2. The van der Waals surface area contributed by atoms with Crippen molar-refractivity contribution in [3.8, 4) is 5.75 Å². The fourth-order valence-corrected chi connectivity index (χ4v) is 4.43. The number of nitrogens with zero attached hydrogens (tertiary/aromatic N) is 1. The van der Waals surface area contributed by atoms with Crippen LogP contribution in [0.15, 0.2) is 59.0 Å². The van der Waals surface area contributed by atoms with Crippen LogP contribution < -0.4 is 10.1 Å². The minimum Gasteiger partial charge on any atom is -0.495 e. The van der Waals surface area contributed by atoms with Gasteiger partial charge >= 0.3 is 0 Å². The molecule has 0 saturated carbocycles. The molecule has 2 amide bonds. The molecule has 0 bridgehead atoms. The van der Waals surface area contributed by atoms with Crippen LogP contribution in [0.4, 0.5) is 14.5 Å². The van der Waals surface area contributed by atoms with Crippen LogP contribution in [0.3, 0.4) is 0 Å². The number of methoxy groups -OCH3 is 1. The Labute approximate surface area is 194 Å². The number of likely N-dealkylation sites (tertiary alicyclic amines) is 1. The number of furan rings is 1. The second-order valence-corrected chi connectivity index (χ2v) is 8.33. The number of carbonyl (C=O) groups excluding carboxylic acids is 2. The lowest BCUT2D eigenvalue weighted by Gasteiger charge is -2.31. The first-order valence-corrected chi connectivity index (χ1v) is 11.0. The molecule has 6 nitrogen and oxygen atoms in total. The number of fused-ring (bicyclic) bond motifs is 3. The molecule has 8 heteroatoms. The van der Waals surface area contributed by atoms with Gasteiger partial charge in [-0.1, -0.05) is 18.2 Å². The van der Waals surface area contributed by atoms with Gasteiger partial charge in [-0.15, -0.1) is 0 Å². The van der Waals surface area contributed by atoms with Crippen molar-refractivity contribution in [2.24, 2.45) is 5.92 Å². The summed E-state index contributed by atoms with van der Waals surface area (Å²) >= 11 is 0. The topological polar surface area (TPSA) is 71.8 Å². The standard InChI is InChI=1S/C26H22F2N2O4/c1-33-24-13-19-17-4-2-3-5-22(17)34-23(19)14-21(24)29-25(31)15-8-10-30(11-9-15)26(32)18-7-6-16(27)12-20(18)28/h2-7,12-15H,8-11H2,1H3,(H,29,31). The van der Waals surface area contributed by atoms with Crippen molar-refractivity contribution in [2.75, 3.05) is 25.5 Å². The maximum atomic E-state index is 14.0. The smallest absolute Gasteiger partial charge is 0.256 e. The Hall–Kier alpha value is -3.94. The van der Waals surface area contributed by atoms with Crippen molar-refractivity contribution in [1.29, 1.82) is 0 Å². The summed E-state index contributed by atoms with van der Waals surface area (Å²) in [5.41, 5.74) is 1.72. The van der Waals surface area contributed by atoms with Gasteiger partial charge in [-0.25, -0.2) is 8.78 Å². The van der Waals surface area contributed by atoms with Crippen molar-refractivity contribution >= 4 is 39.4 Å². The largest absolute Gasteiger partial charge is 0.495 e. The highest BCUT2D eigenvalue weighted by molar-refractivity contribution is 6.08. The average Bonchev–Trinajstić information content (AvgIpc) is 3.20. The SMILES string of the molecule is COc1cc2c(cc1NC(=O)C1CCN(C(=O)c3ccc(F)cc3F)CC1)oc1ccccc12. The number of rotatable bonds is 4. The molecule has 5 rings (SSSR count). The van der Waals surface area contributed by atoms with E-state index in [1.165, 1.54) is 12.0 Å². The Bertz CT molecular complexity index is 1410. The molecule has 1 aliphatic heterocycles. The Morgan fingerprint density at radius 2 is 1.76 bits per heavy atom. The highest BCUT2D eigenvalue weighted by Gasteiger charge is 2.29. The second-order valence-electron chi connectivity index (χ2n) is 8.33. The number of hydrogen-bond acceptors (Lipinski definition) is 4. The van der Waals surface area contributed by atoms with Crippen LogP contribution >= 0.6 is 0 Å². The van der Waals surface area contributed by atoms with E-state index in [1.807, 2.05) is 30.3 Å². The number of amides is 2. The molecule has 0 spiro atoms. The number of para-hydroxylation sites is 1. The minimum absolute atomic E-state index is 0.173. The first kappa shape index (κ1) is 21.9. The Balaban J connectivity index is 1.29. The summed E-state index contributed by atoms with van der Waals surface area (Å²) < 4.78 is 38.5. The second kappa shape index (κ2) is 8.78. The van der Waals surface area contributed by atoms with Crippen molar-refractivity contribution in [1.82, 2.24) is 4.90 Å². The molecule has 2 heterocycles. The van der Waals surface area contributed by atoms with Gasteiger partial charge < -0.3 is 19.4 Å². The molecule has 1 saturated heterocycles. The quantitative estimate of drug-likeness (QED) is 0.441. The summed E-state index contributed by atoms with van der Waals surface area (Å²) in [6, 6.07) is 14.2. The van der Waals surface area contributed by atoms with Gasteiger partial charge in [0.15, 0.2) is 0 Å². The number of hydrogen-bond donors (Lipinski definition) is 1. The highest BCUT2D eigenvalue weighted by Crippen LogP contribution is 2.36. The summed E-state index contributed by atoms with van der Waals surface area (Å²) in [6.07, 6.45) is 0.852. The van der Waals surface area contributed by atoms with Crippen LogP contribution in [0.2, 0.25) is 0 Å². The molecule has 0 unspecified atom stereocenters. The molecule has 0 aliphatic carbocycles. The number of nitrogens with one attached hydrogen (secondary N) is 1. The Kier molecular flexibility index (Phi) is 5.65. The Morgan fingerprint density at radius 3 is 2.50 bits per heavy atom. The number of piperidine rings is 1. The van der Waals surface area contributed by atoms with Crippen LogP contribution in [0.5, 0.6) is 5.75 Å². The minimum atomic E-state index is -0.891. The van der Waals surface area contributed by atoms with E-state index in [-0.39, 0.29) is 17.4 Å².